The average molecular weight is 439 g/mol. The van der Waals surface area contributed by atoms with E-state index in [9.17, 15) is 5.11 Å². The molecule has 1 aromatic rings. The van der Waals surface area contributed by atoms with Gasteiger partial charge in [-0.05, 0) is 84.0 Å². The van der Waals surface area contributed by atoms with Gasteiger partial charge in [-0.1, -0.05) is 55.2 Å². The second-order valence-electron chi connectivity index (χ2n) is 9.67. The lowest BCUT2D eigenvalue weighted by molar-refractivity contribution is -0.00000675. The van der Waals surface area contributed by atoms with Crippen LogP contribution < -0.4 is 12.4 Å². The molecule has 0 atom stereocenters. The summed E-state index contributed by atoms with van der Waals surface area (Å²) in [7, 11) is -1.15. The maximum Gasteiger partial charge on any atom is 0.154 e. The molecule has 166 valence electrons. The number of halogens is 1. The molecule has 0 aliphatic heterocycles. The van der Waals surface area contributed by atoms with Crippen molar-refractivity contribution in [2.75, 3.05) is 6.35 Å². The molecule has 1 N–H and O–H groups in total. The van der Waals surface area contributed by atoms with Crippen LogP contribution in [0.4, 0.5) is 0 Å². The summed E-state index contributed by atoms with van der Waals surface area (Å²) in [6.07, 6.45) is 22.4. The van der Waals surface area contributed by atoms with Crippen molar-refractivity contribution in [1.82, 2.24) is 0 Å². The first-order valence-electron chi connectivity index (χ1n) is 12.3. The second-order valence-corrected chi connectivity index (χ2v) is 14.1. The van der Waals surface area contributed by atoms with Crippen LogP contribution in [0.2, 0.25) is 0 Å². The second kappa shape index (κ2) is 13.3. The zero-order valence-electron chi connectivity index (χ0n) is 18.7. The van der Waals surface area contributed by atoms with Crippen molar-refractivity contribution in [1.29, 1.82) is 0 Å². The lowest BCUT2D eigenvalue weighted by atomic mass is 9.99. The van der Waals surface area contributed by atoms with E-state index in [-0.39, 0.29) is 12.4 Å². The van der Waals surface area contributed by atoms with Crippen molar-refractivity contribution in [2.24, 2.45) is 0 Å². The SMILES string of the molecule is Cc1ccccc1.OC[P+](C1CCCCC1)(C1CCCCC1)C1CCCCC1.[Cl-]. The van der Waals surface area contributed by atoms with Crippen molar-refractivity contribution in [3.8, 4) is 0 Å². The Morgan fingerprint density at radius 3 is 1.24 bits per heavy atom. The maximum absolute atomic E-state index is 10.7. The van der Waals surface area contributed by atoms with E-state index in [4.69, 9.17) is 0 Å². The summed E-state index contributed by atoms with van der Waals surface area (Å²) in [5, 5.41) is 10.7. The van der Waals surface area contributed by atoms with Crippen LogP contribution in [-0.2, 0) is 0 Å². The quantitative estimate of drug-likeness (QED) is 0.659. The summed E-state index contributed by atoms with van der Waals surface area (Å²) in [6, 6.07) is 10.3. The minimum atomic E-state index is -1.15. The van der Waals surface area contributed by atoms with E-state index in [1.165, 1.54) is 102 Å². The molecular formula is C26H44ClOP. The fourth-order valence-electron chi connectivity index (χ4n) is 6.46. The molecule has 0 bridgehead atoms. The molecule has 0 unspecified atom stereocenters. The molecule has 3 fully saturated rings. The van der Waals surface area contributed by atoms with Gasteiger partial charge in [0.1, 0.15) is 0 Å². The van der Waals surface area contributed by atoms with Gasteiger partial charge < -0.3 is 17.5 Å². The lowest BCUT2D eigenvalue weighted by Crippen LogP contribution is -3.00. The van der Waals surface area contributed by atoms with Gasteiger partial charge in [0.15, 0.2) is 6.35 Å². The Bertz CT molecular complexity index is 485. The summed E-state index contributed by atoms with van der Waals surface area (Å²) in [4.78, 5) is 0. The first-order chi connectivity index (χ1) is 13.8. The number of hydrogen-bond donors (Lipinski definition) is 1. The Labute approximate surface area is 187 Å². The van der Waals surface area contributed by atoms with Gasteiger partial charge in [0.25, 0.3) is 0 Å². The van der Waals surface area contributed by atoms with Crippen molar-refractivity contribution in [2.45, 2.75) is 120 Å². The Morgan fingerprint density at radius 1 is 0.655 bits per heavy atom. The molecule has 0 aromatic heterocycles. The topological polar surface area (TPSA) is 20.2 Å². The molecule has 0 radical (unpaired) electrons. The van der Waals surface area contributed by atoms with Gasteiger partial charge in [0, 0.05) is 7.26 Å². The highest BCUT2D eigenvalue weighted by molar-refractivity contribution is 7.77. The molecule has 1 nitrogen and oxygen atoms in total. The Balaban J connectivity index is 0.000000319. The number of hydrogen-bond acceptors (Lipinski definition) is 1. The minimum Gasteiger partial charge on any atom is -1.00 e. The molecule has 1 aromatic carbocycles. The Kier molecular flexibility index (Phi) is 11.6. The predicted octanol–water partition coefficient (Wildman–Crippen LogP) is 4.95. The molecule has 4 rings (SSSR count). The average Bonchev–Trinajstić information content (AvgIpc) is 2.78. The summed E-state index contributed by atoms with van der Waals surface area (Å²) in [5.41, 5.74) is 4.16. The van der Waals surface area contributed by atoms with Crippen LogP contribution >= 0.6 is 7.26 Å². The molecule has 0 heterocycles. The maximum atomic E-state index is 10.7. The number of rotatable bonds is 4. The highest BCUT2D eigenvalue weighted by Crippen LogP contribution is 2.76. The van der Waals surface area contributed by atoms with E-state index in [1.54, 1.807) is 0 Å². The summed E-state index contributed by atoms with van der Waals surface area (Å²) >= 11 is 0. The lowest BCUT2D eigenvalue weighted by Gasteiger charge is -2.47. The van der Waals surface area contributed by atoms with Gasteiger partial charge in [-0.2, -0.15) is 0 Å². The molecule has 3 saturated carbocycles. The fourth-order valence-corrected chi connectivity index (χ4v) is 12.9. The largest absolute Gasteiger partial charge is 1.00 e. The van der Waals surface area contributed by atoms with Crippen molar-refractivity contribution in [3.05, 3.63) is 35.9 Å². The highest BCUT2D eigenvalue weighted by atomic mass is 35.5. The molecule has 3 aliphatic carbocycles. The van der Waals surface area contributed by atoms with Crippen LogP contribution in [0.1, 0.15) is 102 Å². The van der Waals surface area contributed by atoms with Gasteiger partial charge in [0.2, 0.25) is 0 Å². The van der Waals surface area contributed by atoms with Gasteiger partial charge in [-0.15, -0.1) is 0 Å². The molecule has 0 spiro atoms. The zero-order chi connectivity index (χ0) is 19.7. The zero-order valence-corrected chi connectivity index (χ0v) is 20.4. The van der Waals surface area contributed by atoms with E-state index < -0.39 is 7.26 Å². The van der Waals surface area contributed by atoms with Crippen molar-refractivity contribution in [3.63, 3.8) is 0 Å². The number of aryl methyl sites for hydroxylation is 1. The fraction of sp³-hybridized carbons (Fsp3) is 0.769. The third kappa shape index (κ3) is 6.69. The predicted molar refractivity (Wildman–Crippen MR) is 126 cm³/mol. The number of benzene rings is 1. The van der Waals surface area contributed by atoms with E-state index >= 15 is 0 Å². The van der Waals surface area contributed by atoms with Gasteiger partial charge in [-0.25, -0.2) is 0 Å². The molecule has 29 heavy (non-hydrogen) atoms. The van der Waals surface area contributed by atoms with E-state index in [1.807, 2.05) is 18.2 Å². The third-order valence-electron chi connectivity index (χ3n) is 7.95. The molecule has 3 aliphatic rings. The Morgan fingerprint density at radius 2 is 1.00 bits per heavy atom. The molecule has 0 amide bonds. The molecular weight excluding hydrogens is 395 g/mol. The first kappa shape index (κ1) is 25.2. The summed E-state index contributed by atoms with van der Waals surface area (Å²) < 4.78 is 0. The van der Waals surface area contributed by atoms with E-state index in [2.05, 4.69) is 19.1 Å². The van der Waals surface area contributed by atoms with E-state index in [0.717, 1.165) is 17.0 Å². The van der Waals surface area contributed by atoms with Crippen LogP contribution in [0.3, 0.4) is 0 Å². The highest BCUT2D eigenvalue weighted by Gasteiger charge is 2.56. The van der Waals surface area contributed by atoms with Gasteiger partial charge in [0.05, 0.1) is 17.0 Å². The van der Waals surface area contributed by atoms with Crippen molar-refractivity contribution >= 4 is 7.26 Å². The number of aliphatic hydroxyl groups excluding tert-OH is 1. The van der Waals surface area contributed by atoms with Crippen LogP contribution in [-0.4, -0.2) is 28.4 Å². The van der Waals surface area contributed by atoms with Crippen LogP contribution in [0.15, 0.2) is 30.3 Å². The minimum absolute atomic E-state index is 0. The number of aliphatic hydroxyl groups is 1. The Hall–Kier alpha value is -0.100. The third-order valence-corrected chi connectivity index (χ3v) is 14.1. The van der Waals surface area contributed by atoms with Gasteiger partial charge in [-0.3, -0.25) is 0 Å². The summed E-state index contributed by atoms with van der Waals surface area (Å²) in [5.74, 6) is 0. The standard InChI is InChI=1S/C19H36OP.C7H8.ClH/c20-16-21(17-10-4-1-5-11-17,18-12-6-2-7-13-18)19-14-8-3-9-15-19;1-7-5-3-2-4-6-7;/h17-20H,1-16H2;2-6H,1H3;1H/q+1;;/p-1. The van der Waals surface area contributed by atoms with E-state index in [0.29, 0.717) is 6.35 Å². The molecule has 0 saturated heterocycles. The summed E-state index contributed by atoms with van der Waals surface area (Å²) in [6.45, 7) is 2.08. The van der Waals surface area contributed by atoms with Crippen LogP contribution in [0.5, 0.6) is 0 Å². The van der Waals surface area contributed by atoms with Crippen molar-refractivity contribution < 1.29 is 17.5 Å². The molecule has 3 heteroatoms. The smallest absolute Gasteiger partial charge is 0.154 e. The van der Waals surface area contributed by atoms with Crippen LogP contribution in [0.25, 0.3) is 0 Å². The monoisotopic (exact) mass is 438 g/mol. The normalized spacial score (nSPS) is 22.3. The van der Waals surface area contributed by atoms with Crippen LogP contribution in [0, 0.1) is 6.92 Å². The van der Waals surface area contributed by atoms with Gasteiger partial charge >= 0.3 is 0 Å². The first-order valence-corrected chi connectivity index (χ1v) is 14.4.